The van der Waals surface area contributed by atoms with Gasteiger partial charge in [0.15, 0.2) is 19.7 Å². The number of fused-ring (bicyclic) bond motifs is 2. The Labute approximate surface area is 256 Å². The van der Waals surface area contributed by atoms with Gasteiger partial charge >= 0.3 is 0 Å². The number of benzene rings is 4. The van der Waals surface area contributed by atoms with Crippen molar-refractivity contribution in [2.75, 3.05) is 12.5 Å². The van der Waals surface area contributed by atoms with Gasteiger partial charge in [0.25, 0.3) is 5.56 Å². The molecule has 7 nitrogen and oxygen atoms in total. The van der Waals surface area contributed by atoms with Crippen LogP contribution in [0.5, 0.6) is 0 Å². The second-order valence-corrected chi connectivity index (χ2v) is 14.2. The highest BCUT2D eigenvalue weighted by molar-refractivity contribution is 7.91. The van der Waals surface area contributed by atoms with Crippen molar-refractivity contribution in [3.8, 4) is 22.3 Å². The first-order valence-electron chi connectivity index (χ1n) is 12.9. The lowest BCUT2D eigenvalue weighted by Crippen LogP contribution is -2.11. The fourth-order valence-electron chi connectivity index (χ4n) is 4.75. The van der Waals surface area contributed by atoms with Gasteiger partial charge in [-0.25, -0.2) is 30.6 Å². The molecule has 4 aromatic carbocycles. The van der Waals surface area contributed by atoms with Gasteiger partial charge in [-0.05, 0) is 36.4 Å². The maximum absolute atomic E-state index is 13.8. The highest BCUT2D eigenvalue weighted by Gasteiger charge is 2.19. The average molecular weight is 653 g/mol. The standard InChI is InChI=1S/C16H11ClFNO2S.C16H12FNO3S/c1-22(20,21)14-8-3-2-6-11(14)12-9-10-5-4-7-13(18)15(10)19-16(12)17;1-22(20,21)14-8-3-2-6-11(14)12-9-10-5-4-7-13(17)15(10)18-16(12)19/h2-9H,1H3;2-9H,1H3,(H,18,19). The Balaban J connectivity index is 0.000000175. The number of sulfone groups is 2. The third kappa shape index (κ3) is 6.26. The number of para-hydroxylation sites is 2. The number of hydrogen-bond donors (Lipinski definition) is 1. The van der Waals surface area contributed by atoms with E-state index in [2.05, 4.69) is 9.97 Å². The molecule has 2 heterocycles. The van der Waals surface area contributed by atoms with Crippen molar-refractivity contribution in [1.29, 1.82) is 0 Å². The zero-order valence-electron chi connectivity index (χ0n) is 23.2. The van der Waals surface area contributed by atoms with Crippen LogP contribution in [0.25, 0.3) is 44.1 Å². The predicted molar refractivity (Wildman–Crippen MR) is 168 cm³/mol. The molecule has 0 unspecified atom stereocenters. The first-order valence-corrected chi connectivity index (χ1v) is 17.1. The van der Waals surface area contributed by atoms with Gasteiger partial charge in [0.05, 0.1) is 15.3 Å². The van der Waals surface area contributed by atoms with Gasteiger partial charge in [-0.2, -0.15) is 0 Å². The van der Waals surface area contributed by atoms with Crippen molar-refractivity contribution in [3.05, 3.63) is 124 Å². The fraction of sp³-hybridized carbons (Fsp3) is 0.0625. The van der Waals surface area contributed by atoms with Crippen LogP contribution in [-0.2, 0) is 19.7 Å². The Morgan fingerprint density at radius 1 is 0.636 bits per heavy atom. The number of rotatable bonds is 4. The van der Waals surface area contributed by atoms with Crippen molar-refractivity contribution in [1.82, 2.24) is 9.97 Å². The molecule has 224 valence electrons. The summed E-state index contributed by atoms with van der Waals surface area (Å²) in [7, 11) is -6.91. The molecule has 0 atom stereocenters. The number of halogens is 3. The van der Waals surface area contributed by atoms with Crippen LogP contribution in [0.2, 0.25) is 5.15 Å². The number of H-pyrrole nitrogens is 1. The summed E-state index contributed by atoms with van der Waals surface area (Å²) >= 11 is 6.16. The molecule has 0 aliphatic heterocycles. The summed E-state index contributed by atoms with van der Waals surface area (Å²) in [5, 5.41) is 1.12. The van der Waals surface area contributed by atoms with Crippen LogP contribution in [0, 0.1) is 11.6 Å². The molecule has 44 heavy (non-hydrogen) atoms. The van der Waals surface area contributed by atoms with Gasteiger partial charge in [-0.1, -0.05) is 72.3 Å². The van der Waals surface area contributed by atoms with E-state index in [9.17, 15) is 30.4 Å². The molecule has 0 aliphatic carbocycles. The van der Waals surface area contributed by atoms with E-state index in [0.717, 1.165) is 12.5 Å². The fourth-order valence-corrected chi connectivity index (χ4v) is 6.80. The van der Waals surface area contributed by atoms with Crippen molar-refractivity contribution in [3.63, 3.8) is 0 Å². The van der Waals surface area contributed by atoms with Gasteiger partial charge in [0.2, 0.25) is 0 Å². The minimum absolute atomic E-state index is 0.0636. The number of nitrogens with zero attached hydrogens (tertiary/aromatic N) is 1. The van der Waals surface area contributed by atoms with Crippen LogP contribution < -0.4 is 5.56 Å². The maximum Gasteiger partial charge on any atom is 0.256 e. The van der Waals surface area contributed by atoms with Crippen LogP contribution >= 0.6 is 11.6 Å². The zero-order chi connectivity index (χ0) is 31.8. The van der Waals surface area contributed by atoms with Crippen LogP contribution in [0.15, 0.2) is 112 Å². The molecule has 0 fully saturated rings. The Morgan fingerprint density at radius 3 is 1.73 bits per heavy atom. The summed E-state index contributed by atoms with van der Waals surface area (Å²) in [6.07, 6.45) is 2.22. The minimum Gasteiger partial charge on any atom is -0.319 e. The van der Waals surface area contributed by atoms with Gasteiger partial charge in [0.1, 0.15) is 22.3 Å². The molecule has 6 aromatic rings. The van der Waals surface area contributed by atoms with E-state index in [1.54, 1.807) is 60.7 Å². The van der Waals surface area contributed by atoms with Gasteiger partial charge in [0, 0.05) is 45.5 Å². The smallest absolute Gasteiger partial charge is 0.256 e. The summed E-state index contributed by atoms with van der Waals surface area (Å²) < 4.78 is 75.1. The lowest BCUT2D eigenvalue weighted by molar-refractivity contribution is 0.600. The van der Waals surface area contributed by atoms with E-state index in [1.165, 1.54) is 36.4 Å². The Bertz CT molecular complexity index is 2360. The van der Waals surface area contributed by atoms with E-state index in [0.29, 0.717) is 27.5 Å². The van der Waals surface area contributed by atoms with E-state index in [4.69, 9.17) is 11.6 Å². The summed E-state index contributed by atoms with van der Waals surface area (Å²) in [5.74, 6) is -1.00. The van der Waals surface area contributed by atoms with E-state index in [-0.39, 0.29) is 31.5 Å². The topological polar surface area (TPSA) is 114 Å². The van der Waals surface area contributed by atoms with Gasteiger partial charge in [-0.15, -0.1) is 0 Å². The first-order chi connectivity index (χ1) is 20.8. The monoisotopic (exact) mass is 652 g/mol. The van der Waals surface area contributed by atoms with E-state index < -0.39 is 36.9 Å². The highest BCUT2D eigenvalue weighted by Crippen LogP contribution is 2.34. The second kappa shape index (κ2) is 11.9. The predicted octanol–water partition coefficient (Wildman–Crippen LogP) is 6.84. The molecular weight excluding hydrogens is 630 g/mol. The third-order valence-electron chi connectivity index (χ3n) is 6.73. The van der Waals surface area contributed by atoms with Crippen LogP contribution in [0.3, 0.4) is 0 Å². The van der Waals surface area contributed by atoms with Crippen molar-refractivity contribution in [2.24, 2.45) is 0 Å². The molecule has 2 aromatic heterocycles. The molecule has 0 spiro atoms. The number of aromatic nitrogens is 2. The number of hydrogen-bond acceptors (Lipinski definition) is 6. The molecule has 12 heteroatoms. The average Bonchev–Trinajstić information content (AvgIpc) is 2.97. The zero-order valence-corrected chi connectivity index (χ0v) is 25.6. The SMILES string of the molecule is CS(=O)(=O)c1ccccc1-c1cc2cccc(F)c2[nH]c1=O.CS(=O)(=O)c1ccccc1-c1cc2cccc(F)c2nc1Cl. The third-order valence-corrected chi connectivity index (χ3v) is 9.33. The van der Waals surface area contributed by atoms with Crippen molar-refractivity contribution >= 4 is 53.1 Å². The molecule has 0 saturated heterocycles. The Kier molecular flexibility index (Phi) is 8.39. The second-order valence-electron chi connectivity index (χ2n) is 9.89. The molecule has 0 radical (unpaired) electrons. The molecule has 6 rings (SSSR count). The quantitative estimate of drug-likeness (QED) is 0.209. The summed E-state index contributed by atoms with van der Waals surface area (Å²) in [5.41, 5.74) is 1.14. The Hall–Kier alpha value is -4.45. The first kappa shape index (κ1) is 31.0. The van der Waals surface area contributed by atoms with Crippen LogP contribution in [0.1, 0.15) is 0 Å². The minimum atomic E-state index is -3.49. The number of pyridine rings is 2. The van der Waals surface area contributed by atoms with Gasteiger partial charge in [-0.3, -0.25) is 4.79 Å². The van der Waals surface area contributed by atoms with Crippen molar-refractivity contribution < 1.29 is 25.6 Å². The number of nitrogens with one attached hydrogen (secondary N) is 1. The van der Waals surface area contributed by atoms with Crippen LogP contribution in [0.4, 0.5) is 8.78 Å². The molecule has 1 N–H and O–H groups in total. The van der Waals surface area contributed by atoms with Crippen molar-refractivity contribution in [2.45, 2.75) is 9.79 Å². The van der Waals surface area contributed by atoms with Crippen LogP contribution in [-0.4, -0.2) is 39.3 Å². The van der Waals surface area contributed by atoms with Gasteiger partial charge < -0.3 is 4.98 Å². The molecule has 0 aliphatic rings. The summed E-state index contributed by atoms with van der Waals surface area (Å²) in [4.78, 5) is 19.0. The summed E-state index contributed by atoms with van der Waals surface area (Å²) in [6.45, 7) is 0. The van der Waals surface area contributed by atoms with E-state index >= 15 is 0 Å². The molecule has 0 amide bonds. The number of aromatic amines is 1. The normalized spacial score (nSPS) is 11.8. The molecular formula is C32H23ClF2N2O5S2. The molecule has 0 saturated carbocycles. The largest absolute Gasteiger partial charge is 0.319 e. The van der Waals surface area contributed by atoms with E-state index in [1.807, 2.05) is 0 Å². The lowest BCUT2D eigenvalue weighted by atomic mass is 10.0. The maximum atomic E-state index is 13.8. The molecule has 0 bridgehead atoms. The Morgan fingerprint density at radius 2 is 1.14 bits per heavy atom. The lowest BCUT2D eigenvalue weighted by Gasteiger charge is -2.10. The highest BCUT2D eigenvalue weighted by atomic mass is 35.5. The summed E-state index contributed by atoms with van der Waals surface area (Å²) in [6, 6.07) is 24.9.